The average Bonchev–Trinajstić information content (AvgIpc) is 2.90. The van der Waals surface area contributed by atoms with Gasteiger partial charge < -0.3 is 5.32 Å². The molecule has 0 aliphatic heterocycles. The molecule has 21 heavy (non-hydrogen) atoms. The first-order valence-corrected chi connectivity index (χ1v) is 8.52. The lowest BCUT2D eigenvalue weighted by molar-refractivity contribution is 0.604. The van der Waals surface area contributed by atoms with E-state index in [4.69, 9.17) is 0 Å². The van der Waals surface area contributed by atoms with Gasteiger partial charge in [-0.2, -0.15) is 0 Å². The Labute approximate surface area is 133 Å². The summed E-state index contributed by atoms with van der Waals surface area (Å²) in [6.45, 7) is 11.3. The van der Waals surface area contributed by atoms with Crippen molar-refractivity contribution in [3.63, 3.8) is 0 Å². The molecule has 0 saturated carbocycles. The topological polar surface area (TPSA) is 12.0 Å². The fourth-order valence-corrected chi connectivity index (χ4v) is 3.66. The molecule has 1 aromatic carbocycles. The number of nitrogens with one attached hydrogen (secondary N) is 1. The zero-order valence-electron chi connectivity index (χ0n) is 14.0. The van der Waals surface area contributed by atoms with E-state index in [-0.39, 0.29) is 11.5 Å². The molecule has 0 aliphatic carbocycles. The van der Waals surface area contributed by atoms with E-state index in [1.165, 1.54) is 20.9 Å². The second-order valence-electron chi connectivity index (χ2n) is 7.00. The molecule has 1 unspecified atom stereocenters. The van der Waals surface area contributed by atoms with Crippen LogP contribution in [0.3, 0.4) is 0 Å². The van der Waals surface area contributed by atoms with E-state index in [2.05, 4.69) is 76.3 Å². The largest absolute Gasteiger partial charge is 0.309 e. The first-order valence-electron chi connectivity index (χ1n) is 7.70. The van der Waals surface area contributed by atoms with Gasteiger partial charge >= 0.3 is 0 Å². The van der Waals surface area contributed by atoms with Crippen LogP contribution < -0.4 is 5.32 Å². The Bertz CT molecular complexity index is 572. The van der Waals surface area contributed by atoms with Gasteiger partial charge in [0.25, 0.3) is 0 Å². The molecular formula is C19H27NS. The third kappa shape index (κ3) is 3.75. The van der Waals surface area contributed by atoms with Gasteiger partial charge in [0.1, 0.15) is 0 Å². The summed E-state index contributed by atoms with van der Waals surface area (Å²) in [5.41, 5.74) is 2.96. The van der Waals surface area contributed by atoms with Crippen LogP contribution in [0.2, 0.25) is 0 Å². The van der Waals surface area contributed by atoms with Crippen molar-refractivity contribution in [1.29, 1.82) is 0 Å². The van der Waals surface area contributed by atoms with Crippen molar-refractivity contribution in [2.45, 2.75) is 52.0 Å². The Balaban J connectivity index is 2.29. The predicted molar refractivity (Wildman–Crippen MR) is 94.5 cm³/mol. The van der Waals surface area contributed by atoms with E-state index in [0.717, 1.165) is 0 Å². The summed E-state index contributed by atoms with van der Waals surface area (Å²) in [5.74, 6) is 0.585. The summed E-state index contributed by atoms with van der Waals surface area (Å²) in [4.78, 5) is 2.83. The van der Waals surface area contributed by atoms with Crippen molar-refractivity contribution < 1.29 is 0 Å². The SMILES string of the molecule is CNC(c1ccc(C(C)C)cc1)c1ccc(C(C)(C)C)s1. The lowest BCUT2D eigenvalue weighted by Crippen LogP contribution is -2.16. The highest BCUT2D eigenvalue weighted by Gasteiger charge is 2.20. The highest BCUT2D eigenvalue weighted by Crippen LogP contribution is 2.34. The Hall–Kier alpha value is -1.12. The van der Waals surface area contributed by atoms with E-state index in [1.54, 1.807) is 0 Å². The molecule has 1 atom stereocenters. The van der Waals surface area contributed by atoms with Gasteiger partial charge in [-0.3, -0.25) is 0 Å². The van der Waals surface area contributed by atoms with Crippen molar-refractivity contribution in [3.8, 4) is 0 Å². The number of hydrogen-bond donors (Lipinski definition) is 1. The minimum absolute atomic E-state index is 0.225. The zero-order valence-corrected chi connectivity index (χ0v) is 14.8. The molecule has 114 valence electrons. The van der Waals surface area contributed by atoms with Crippen molar-refractivity contribution in [2.75, 3.05) is 7.05 Å². The van der Waals surface area contributed by atoms with Crippen molar-refractivity contribution in [1.82, 2.24) is 5.32 Å². The highest BCUT2D eigenvalue weighted by molar-refractivity contribution is 7.12. The normalized spacial score (nSPS) is 13.7. The lowest BCUT2D eigenvalue weighted by Gasteiger charge is -2.18. The standard InChI is InChI=1S/C19H27NS/c1-13(2)14-7-9-15(10-8-14)18(20-6)16-11-12-17(21-16)19(3,4)5/h7-13,18,20H,1-6H3. The molecule has 0 radical (unpaired) electrons. The quantitative estimate of drug-likeness (QED) is 0.788. The molecule has 0 fully saturated rings. The third-order valence-electron chi connectivity index (χ3n) is 3.88. The third-order valence-corrected chi connectivity index (χ3v) is 5.45. The Morgan fingerprint density at radius 2 is 1.48 bits per heavy atom. The molecule has 0 saturated heterocycles. The van der Waals surface area contributed by atoms with Crippen molar-refractivity contribution in [2.24, 2.45) is 0 Å². The molecule has 0 aliphatic rings. The Morgan fingerprint density at radius 3 is 1.90 bits per heavy atom. The zero-order chi connectivity index (χ0) is 15.6. The van der Waals surface area contributed by atoms with Gasteiger partial charge in [-0.25, -0.2) is 0 Å². The summed E-state index contributed by atoms with van der Waals surface area (Å²) >= 11 is 1.92. The van der Waals surface area contributed by atoms with Gasteiger partial charge in [-0.15, -0.1) is 11.3 Å². The van der Waals surface area contributed by atoms with Gasteiger partial charge in [0.2, 0.25) is 0 Å². The van der Waals surface area contributed by atoms with Crippen LogP contribution in [0.1, 0.15) is 67.5 Å². The van der Waals surface area contributed by atoms with E-state index in [0.29, 0.717) is 5.92 Å². The van der Waals surface area contributed by atoms with E-state index >= 15 is 0 Å². The van der Waals surface area contributed by atoms with E-state index in [1.807, 2.05) is 18.4 Å². The second-order valence-corrected chi connectivity index (χ2v) is 8.11. The van der Waals surface area contributed by atoms with Crippen LogP contribution in [0.15, 0.2) is 36.4 Å². The summed E-state index contributed by atoms with van der Waals surface area (Å²) in [6, 6.07) is 13.8. The molecule has 1 aromatic heterocycles. The van der Waals surface area contributed by atoms with Gasteiger partial charge in [-0.05, 0) is 41.6 Å². The Kier molecular flexibility index (Phi) is 4.90. The molecule has 0 bridgehead atoms. The maximum atomic E-state index is 3.46. The van der Waals surface area contributed by atoms with Crippen LogP contribution in [0.4, 0.5) is 0 Å². The molecule has 2 aromatic rings. The van der Waals surface area contributed by atoms with Crippen LogP contribution in [-0.4, -0.2) is 7.05 Å². The van der Waals surface area contributed by atoms with Crippen LogP contribution in [0, 0.1) is 0 Å². The Morgan fingerprint density at radius 1 is 0.905 bits per heavy atom. The molecule has 0 spiro atoms. The average molecular weight is 301 g/mol. The highest BCUT2D eigenvalue weighted by atomic mass is 32.1. The minimum Gasteiger partial charge on any atom is -0.309 e. The van der Waals surface area contributed by atoms with Gasteiger partial charge in [0.05, 0.1) is 6.04 Å². The predicted octanol–water partition coefficient (Wildman–Crippen LogP) is 5.48. The van der Waals surface area contributed by atoms with E-state index in [9.17, 15) is 0 Å². The maximum Gasteiger partial charge on any atom is 0.0668 e. The monoisotopic (exact) mass is 301 g/mol. The van der Waals surface area contributed by atoms with Crippen LogP contribution in [0.5, 0.6) is 0 Å². The summed E-state index contributed by atoms with van der Waals surface area (Å²) in [7, 11) is 2.04. The van der Waals surface area contributed by atoms with Crippen LogP contribution in [-0.2, 0) is 5.41 Å². The molecule has 2 heteroatoms. The molecule has 0 amide bonds. The lowest BCUT2D eigenvalue weighted by atomic mass is 9.95. The fourth-order valence-electron chi connectivity index (χ4n) is 2.46. The van der Waals surface area contributed by atoms with Gasteiger partial charge in [0.15, 0.2) is 0 Å². The first kappa shape index (κ1) is 16.3. The molecule has 1 heterocycles. The molecule has 1 N–H and O–H groups in total. The number of hydrogen-bond acceptors (Lipinski definition) is 2. The molecule has 2 rings (SSSR count). The fraction of sp³-hybridized carbons (Fsp3) is 0.474. The smallest absolute Gasteiger partial charge is 0.0668 e. The first-order chi connectivity index (χ1) is 9.82. The van der Waals surface area contributed by atoms with Gasteiger partial charge in [-0.1, -0.05) is 58.9 Å². The second kappa shape index (κ2) is 6.33. The maximum absolute atomic E-state index is 3.46. The summed E-state index contributed by atoms with van der Waals surface area (Å²) in [5, 5.41) is 3.46. The molecule has 1 nitrogen and oxygen atoms in total. The van der Waals surface area contributed by atoms with Crippen molar-refractivity contribution in [3.05, 3.63) is 57.3 Å². The van der Waals surface area contributed by atoms with E-state index < -0.39 is 0 Å². The summed E-state index contributed by atoms with van der Waals surface area (Å²) in [6.07, 6.45) is 0. The van der Waals surface area contributed by atoms with Crippen molar-refractivity contribution >= 4 is 11.3 Å². The van der Waals surface area contributed by atoms with Crippen LogP contribution >= 0.6 is 11.3 Å². The van der Waals surface area contributed by atoms with Crippen LogP contribution in [0.25, 0.3) is 0 Å². The number of thiophene rings is 1. The van der Waals surface area contributed by atoms with Gasteiger partial charge in [0, 0.05) is 9.75 Å². The molecular weight excluding hydrogens is 274 g/mol. The summed E-state index contributed by atoms with van der Waals surface area (Å²) < 4.78 is 0. The number of rotatable bonds is 4. The minimum atomic E-state index is 0.225. The number of benzene rings is 1.